The molecule has 0 aliphatic carbocycles. The first kappa shape index (κ1) is 17.2. The van der Waals surface area contributed by atoms with Crippen molar-refractivity contribution in [2.75, 3.05) is 33.7 Å². The molecule has 2 N–H and O–H groups in total. The van der Waals surface area contributed by atoms with E-state index in [0.29, 0.717) is 19.5 Å². The summed E-state index contributed by atoms with van der Waals surface area (Å²) < 4.78 is 0. The zero-order valence-electron chi connectivity index (χ0n) is 11.8. The molecule has 3 amide bonds. The second-order valence-electron chi connectivity index (χ2n) is 4.41. The number of amides is 3. The van der Waals surface area contributed by atoms with Gasteiger partial charge in [0.05, 0.1) is 0 Å². The number of aliphatic carboxylic acids is 1. The van der Waals surface area contributed by atoms with Crippen LogP contribution in [0.4, 0.5) is 4.79 Å². The number of hydrogen-bond donors (Lipinski definition) is 2. The Morgan fingerprint density at radius 2 is 1.79 bits per heavy atom. The van der Waals surface area contributed by atoms with Gasteiger partial charge in [-0.15, -0.1) is 0 Å². The lowest BCUT2D eigenvalue weighted by atomic mass is 10.3. The topological polar surface area (TPSA) is 90.0 Å². The largest absolute Gasteiger partial charge is 0.481 e. The van der Waals surface area contributed by atoms with Crippen LogP contribution in [0, 0.1) is 0 Å². The highest BCUT2D eigenvalue weighted by Gasteiger charge is 2.16. The molecule has 0 fully saturated rings. The first-order valence-corrected chi connectivity index (χ1v) is 6.33. The van der Waals surface area contributed by atoms with E-state index in [1.54, 1.807) is 14.1 Å². The molecule has 7 nitrogen and oxygen atoms in total. The highest BCUT2D eigenvalue weighted by molar-refractivity contribution is 5.83. The van der Waals surface area contributed by atoms with Crippen LogP contribution in [0.25, 0.3) is 0 Å². The average Bonchev–Trinajstić information content (AvgIpc) is 2.34. The van der Waals surface area contributed by atoms with Gasteiger partial charge in [-0.1, -0.05) is 6.92 Å². The van der Waals surface area contributed by atoms with E-state index >= 15 is 0 Å². The normalized spacial score (nSPS) is 9.84. The molecule has 0 aromatic carbocycles. The lowest BCUT2D eigenvalue weighted by Gasteiger charge is -2.24. The molecule has 7 heteroatoms. The fourth-order valence-electron chi connectivity index (χ4n) is 1.46. The highest BCUT2D eigenvalue weighted by Crippen LogP contribution is 1.98. The molecule has 0 aromatic heterocycles. The number of carboxylic acids is 1. The van der Waals surface area contributed by atoms with Gasteiger partial charge in [0.2, 0.25) is 5.91 Å². The molecular weight excluding hydrogens is 250 g/mol. The molecule has 0 saturated heterocycles. The molecule has 0 bridgehead atoms. The van der Waals surface area contributed by atoms with Crippen molar-refractivity contribution in [1.29, 1.82) is 0 Å². The first-order valence-electron chi connectivity index (χ1n) is 6.33. The van der Waals surface area contributed by atoms with Crippen LogP contribution in [0.5, 0.6) is 0 Å². The first-order chi connectivity index (χ1) is 8.88. The van der Waals surface area contributed by atoms with Crippen LogP contribution in [0.2, 0.25) is 0 Å². The Hall–Kier alpha value is -1.79. The maximum Gasteiger partial charge on any atom is 0.319 e. The van der Waals surface area contributed by atoms with Crippen molar-refractivity contribution in [3.63, 3.8) is 0 Å². The summed E-state index contributed by atoms with van der Waals surface area (Å²) in [7, 11) is 3.13. The number of likely N-dealkylation sites (N-methyl/N-ethyl adjacent to an activating group) is 1. The van der Waals surface area contributed by atoms with Gasteiger partial charge in [-0.05, 0) is 12.8 Å². The van der Waals surface area contributed by atoms with Gasteiger partial charge < -0.3 is 20.2 Å². The zero-order chi connectivity index (χ0) is 14.8. The minimum Gasteiger partial charge on any atom is -0.481 e. The Kier molecular flexibility index (Phi) is 8.32. The van der Waals surface area contributed by atoms with E-state index in [0.717, 1.165) is 6.42 Å². The summed E-state index contributed by atoms with van der Waals surface area (Å²) in [6.07, 6.45) is 1.27. The van der Waals surface area contributed by atoms with Crippen LogP contribution in [-0.2, 0) is 9.59 Å². The number of rotatable bonds is 8. The molecule has 0 saturated carbocycles. The Morgan fingerprint density at radius 1 is 1.16 bits per heavy atom. The second kappa shape index (κ2) is 9.18. The number of carboxylic acid groups (broad SMARTS) is 1. The lowest BCUT2D eigenvalue weighted by molar-refractivity contribution is -0.137. The number of carbonyl (C=O) groups is 3. The Balaban J connectivity index is 4.02. The summed E-state index contributed by atoms with van der Waals surface area (Å²) in [6.45, 7) is 2.90. The van der Waals surface area contributed by atoms with Crippen LogP contribution < -0.4 is 5.32 Å². The maximum absolute atomic E-state index is 11.9. The molecule has 0 rings (SSSR count). The number of nitrogens with zero attached hydrogens (tertiary/aromatic N) is 2. The van der Waals surface area contributed by atoms with Gasteiger partial charge in [0, 0.05) is 33.6 Å². The molecule has 0 spiro atoms. The van der Waals surface area contributed by atoms with Crippen LogP contribution in [0.1, 0.15) is 26.2 Å². The van der Waals surface area contributed by atoms with Crippen molar-refractivity contribution in [3.8, 4) is 0 Å². The van der Waals surface area contributed by atoms with Gasteiger partial charge in [-0.3, -0.25) is 9.59 Å². The molecule has 0 aromatic rings. The third-order valence-corrected chi connectivity index (χ3v) is 2.49. The Morgan fingerprint density at radius 3 is 2.32 bits per heavy atom. The Labute approximate surface area is 113 Å². The van der Waals surface area contributed by atoms with Crippen molar-refractivity contribution in [3.05, 3.63) is 0 Å². The SMILES string of the molecule is CCCNC(=O)CN(C)C(=O)N(C)CCCC(=O)O. The molecule has 0 aliphatic heterocycles. The number of nitrogens with one attached hydrogen (secondary N) is 1. The second-order valence-corrected chi connectivity index (χ2v) is 4.41. The van der Waals surface area contributed by atoms with Crippen molar-refractivity contribution in [1.82, 2.24) is 15.1 Å². The number of urea groups is 1. The highest BCUT2D eigenvalue weighted by atomic mass is 16.4. The van der Waals surface area contributed by atoms with E-state index in [2.05, 4.69) is 5.32 Å². The minimum atomic E-state index is -0.881. The summed E-state index contributed by atoms with van der Waals surface area (Å²) in [5.74, 6) is -1.08. The van der Waals surface area contributed by atoms with Crippen molar-refractivity contribution >= 4 is 17.9 Å². The van der Waals surface area contributed by atoms with Crippen molar-refractivity contribution in [2.45, 2.75) is 26.2 Å². The molecule has 110 valence electrons. The molecule has 19 heavy (non-hydrogen) atoms. The van der Waals surface area contributed by atoms with Crippen molar-refractivity contribution in [2.24, 2.45) is 0 Å². The molecule has 0 atom stereocenters. The summed E-state index contributed by atoms with van der Waals surface area (Å²) in [4.78, 5) is 36.4. The predicted molar refractivity (Wildman–Crippen MR) is 70.8 cm³/mol. The summed E-state index contributed by atoms with van der Waals surface area (Å²) in [5.41, 5.74) is 0. The van der Waals surface area contributed by atoms with Gasteiger partial charge in [-0.2, -0.15) is 0 Å². The monoisotopic (exact) mass is 273 g/mol. The van der Waals surface area contributed by atoms with Gasteiger partial charge in [0.25, 0.3) is 0 Å². The maximum atomic E-state index is 11.9. The van der Waals surface area contributed by atoms with Crippen LogP contribution in [0.3, 0.4) is 0 Å². The molecule has 0 heterocycles. The molecule has 0 radical (unpaired) electrons. The van der Waals surface area contributed by atoms with E-state index in [-0.39, 0.29) is 24.9 Å². The molecule has 0 aliphatic rings. The summed E-state index contributed by atoms with van der Waals surface area (Å²) >= 11 is 0. The van der Waals surface area contributed by atoms with Crippen LogP contribution in [-0.4, -0.2) is 66.5 Å². The quantitative estimate of drug-likeness (QED) is 0.668. The zero-order valence-corrected chi connectivity index (χ0v) is 11.8. The average molecular weight is 273 g/mol. The molecular formula is C12H23N3O4. The fraction of sp³-hybridized carbons (Fsp3) is 0.750. The minimum absolute atomic E-state index is 0.00209. The standard InChI is InChI=1S/C12H23N3O4/c1-4-7-13-10(16)9-15(3)12(19)14(2)8-5-6-11(17)18/h4-9H2,1-3H3,(H,13,16)(H,17,18). The van der Waals surface area contributed by atoms with Gasteiger partial charge >= 0.3 is 12.0 Å². The predicted octanol–water partition coefficient (Wildman–Crippen LogP) is 0.361. The smallest absolute Gasteiger partial charge is 0.319 e. The van der Waals surface area contributed by atoms with Crippen molar-refractivity contribution < 1.29 is 19.5 Å². The van der Waals surface area contributed by atoms with Gasteiger partial charge in [0.1, 0.15) is 6.54 Å². The van der Waals surface area contributed by atoms with Crippen LogP contribution >= 0.6 is 0 Å². The fourth-order valence-corrected chi connectivity index (χ4v) is 1.46. The van der Waals surface area contributed by atoms with E-state index < -0.39 is 5.97 Å². The van der Waals surface area contributed by atoms with E-state index in [9.17, 15) is 14.4 Å². The number of hydrogen-bond acceptors (Lipinski definition) is 3. The van der Waals surface area contributed by atoms with E-state index in [4.69, 9.17) is 5.11 Å². The Bertz CT molecular complexity index is 320. The lowest BCUT2D eigenvalue weighted by Crippen LogP contribution is -2.44. The molecule has 0 unspecified atom stereocenters. The third kappa shape index (κ3) is 8.01. The van der Waals surface area contributed by atoms with Crippen LogP contribution in [0.15, 0.2) is 0 Å². The summed E-state index contributed by atoms with van der Waals surface area (Å²) in [6, 6.07) is -0.294. The van der Waals surface area contributed by atoms with E-state index in [1.807, 2.05) is 6.92 Å². The summed E-state index contributed by atoms with van der Waals surface area (Å²) in [5, 5.41) is 11.2. The van der Waals surface area contributed by atoms with E-state index in [1.165, 1.54) is 9.80 Å². The number of carbonyl (C=O) groups excluding carboxylic acids is 2. The van der Waals surface area contributed by atoms with Gasteiger partial charge in [-0.25, -0.2) is 4.79 Å². The third-order valence-electron chi connectivity index (χ3n) is 2.49. The van der Waals surface area contributed by atoms with Gasteiger partial charge in [0.15, 0.2) is 0 Å².